The quantitative estimate of drug-likeness (QED) is 0.263. The van der Waals surface area contributed by atoms with Gasteiger partial charge in [0, 0.05) is 11.5 Å². The molecule has 0 saturated heterocycles. The maximum absolute atomic E-state index is 12.1. The first-order valence-electron chi connectivity index (χ1n) is 10.6. The molecule has 7 heteroatoms. The molecule has 0 amide bonds. The van der Waals surface area contributed by atoms with Crippen LogP contribution in [0.1, 0.15) is 21.5 Å². The number of carbonyl (C=O) groups is 1. The third-order valence-corrected chi connectivity index (χ3v) is 7.96. The average molecular weight is 485 g/mol. The SMILES string of the molecule is O=C(OC[C@@H](O)[C@@H](O)[C@@H](O)C(SCc1ccccc1)SCc1ccccc1)c1ccccc1. The van der Waals surface area contributed by atoms with Crippen molar-refractivity contribution < 1.29 is 24.9 Å². The van der Waals surface area contributed by atoms with Crippen molar-refractivity contribution in [1.82, 2.24) is 0 Å². The van der Waals surface area contributed by atoms with Crippen LogP contribution in [0.5, 0.6) is 0 Å². The number of esters is 1. The molecule has 0 aromatic heterocycles. The Morgan fingerprint density at radius 2 is 1.15 bits per heavy atom. The molecule has 3 N–H and O–H groups in total. The van der Waals surface area contributed by atoms with Gasteiger partial charge in [0.25, 0.3) is 0 Å². The highest BCUT2D eigenvalue weighted by atomic mass is 32.2. The van der Waals surface area contributed by atoms with E-state index in [4.69, 9.17) is 4.74 Å². The molecule has 3 aromatic rings. The van der Waals surface area contributed by atoms with Crippen LogP contribution in [0.3, 0.4) is 0 Å². The van der Waals surface area contributed by atoms with E-state index in [0.717, 1.165) is 11.1 Å². The van der Waals surface area contributed by atoms with E-state index < -0.39 is 35.5 Å². The van der Waals surface area contributed by atoms with Gasteiger partial charge >= 0.3 is 5.97 Å². The normalized spacial score (nSPS) is 13.9. The molecule has 0 unspecified atom stereocenters. The van der Waals surface area contributed by atoms with Crippen LogP contribution in [-0.4, -0.2) is 50.8 Å². The minimum absolute atomic E-state index is 0.356. The summed E-state index contributed by atoms with van der Waals surface area (Å²) in [5.74, 6) is 0.705. The zero-order valence-electron chi connectivity index (χ0n) is 18.1. The van der Waals surface area contributed by atoms with Crippen molar-refractivity contribution in [2.24, 2.45) is 0 Å². The topological polar surface area (TPSA) is 87.0 Å². The maximum Gasteiger partial charge on any atom is 0.338 e. The molecule has 0 aliphatic heterocycles. The second-order valence-corrected chi connectivity index (χ2v) is 10.0. The average Bonchev–Trinajstić information content (AvgIpc) is 2.88. The first kappa shape index (κ1) is 25.3. The van der Waals surface area contributed by atoms with E-state index in [1.807, 2.05) is 60.7 Å². The predicted molar refractivity (Wildman–Crippen MR) is 134 cm³/mol. The summed E-state index contributed by atoms with van der Waals surface area (Å²) in [6.07, 6.45) is -4.10. The molecular weight excluding hydrogens is 456 g/mol. The fourth-order valence-corrected chi connectivity index (χ4v) is 5.66. The van der Waals surface area contributed by atoms with Crippen LogP contribution in [0.25, 0.3) is 0 Å². The molecular formula is C26H28O5S2. The van der Waals surface area contributed by atoms with Crippen LogP contribution in [-0.2, 0) is 16.2 Å². The largest absolute Gasteiger partial charge is 0.459 e. The molecule has 0 saturated carbocycles. The standard InChI is InChI=1S/C26H28O5S2/c27-22(16-31-25(30)21-14-8-3-9-15-21)23(28)24(29)26(32-17-19-10-4-1-5-11-19)33-18-20-12-6-2-7-13-20/h1-15,22-24,26-29H,16-18H2/t22-,23-,24-/m1/s1. The van der Waals surface area contributed by atoms with Crippen molar-refractivity contribution >= 4 is 29.5 Å². The van der Waals surface area contributed by atoms with E-state index in [2.05, 4.69) is 0 Å². The van der Waals surface area contributed by atoms with E-state index >= 15 is 0 Å². The van der Waals surface area contributed by atoms with Gasteiger partial charge in [0.05, 0.1) is 10.1 Å². The van der Waals surface area contributed by atoms with Gasteiger partial charge in [-0.2, -0.15) is 0 Å². The molecule has 0 bridgehead atoms. The zero-order valence-corrected chi connectivity index (χ0v) is 19.7. The van der Waals surface area contributed by atoms with E-state index in [9.17, 15) is 20.1 Å². The Balaban J connectivity index is 1.59. The third-order valence-electron chi connectivity index (χ3n) is 4.93. The van der Waals surface area contributed by atoms with E-state index in [-0.39, 0.29) is 0 Å². The summed E-state index contributed by atoms with van der Waals surface area (Å²) < 4.78 is 4.72. The van der Waals surface area contributed by atoms with Gasteiger partial charge in [0.15, 0.2) is 0 Å². The Hall–Kier alpha value is -2.29. The second-order valence-electron chi connectivity index (χ2n) is 7.47. The lowest BCUT2D eigenvalue weighted by molar-refractivity contribution is -0.0747. The number of rotatable bonds is 12. The Morgan fingerprint density at radius 3 is 1.64 bits per heavy atom. The molecule has 3 aromatic carbocycles. The minimum atomic E-state index is -1.47. The van der Waals surface area contributed by atoms with Crippen LogP contribution in [0.4, 0.5) is 0 Å². The van der Waals surface area contributed by atoms with Crippen LogP contribution in [0.2, 0.25) is 0 Å². The van der Waals surface area contributed by atoms with Gasteiger partial charge in [-0.05, 0) is 23.3 Å². The predicted octanol–water partition coefficient (Wildman–Crippen LogP) is 4.12. The summed E-state index contributed by atoms with van der Waals surface area (Å²) in [5.41, 5.74) is 2.56. The van der Waals surface area contributed by atoms with Crippen molar-refractivity contribution in [2.45, 2.75) is 34.4 Å². The number of carbonyl (C=O) groups excluding carboxylic acids is 1. The van der Waals surface area contributed by atoms with Gasteiger partial charge < -0.3 is 20.1 Å². The fraction of sp³-hybridized carbons (Fsp3) is 0.269. The highest BCUT2D eigenvalue weighted by Gasteiger charge is 2.33. The van der Waals surface area contributed by atoms with Crippen molar-refractivity contribution in [2.75, 3.05) is 6.61 Å². The number of benzene rings is 3. The van der Waals surface area contributed by atoms with Crippen molar-refractivity contribution in [3.05, 3.63) is 108 Å². The molecule has 3 atom stereocenters. The molecule has 0 heterocycles. The molecule has 0 aliphatic carbocycles. The number of hydrogen-bond acceptors (Lipinski definition) is 7. The summed E-state index contributed by atoms with van der Waals surface area (Å²) >= 11 is 3.01. The van der Waals surface area contributed by atoms with Gasteiger partial charge in [0.1, 0.15) is 24.9 Å². The van der Waals surface area contributed by atoms with Gasteiger partial charge in [0.2, 0.25) is 0 Å². The zero-order chi connectivity index (χ0) is 23.5. The first-order valence-corrected chi connectivity index (χ1v) is 12.7. The number of hydrogen-bond donors (Lipinski definition) is 3. The summed E-state index contributed by atoms with van der Waals surface area (Å²) in [4.78, 5) is 12.1. The minimum Gasteiger partial charge on any atom is -0.459 e. The molecule has 3 rings (SSSR count). The molecule has 0 radical (unpaired) electrons. The summed E-state index contributed by atoms with van der Waals surface area (Å²) in [7, 11) is 0. The number of aliphatic hydroxyl groups is 3. The van der Waals surface area contributed by atoms with E-state index in [1.54, 1.807) is 30.3 Å². The van der Waals surface area contributed by atoms with Crippen LogP contribution in [0.15, 0.2) is 91.0 Å². The highest BCUT2D eigenvalue weighted by Crippen LogP contribution is 2.34. The lowest BCUT2D eigenvalue weighted by Crippen LogP contribution is -2.44. The van der Waals surface area contributed by atoms with Gasteiger partial charge in [-0.25, -0.2) is 4.79 Å². The monoisotopic (exact) mass is 484 g/mol. The Morgan fingerprint density at radius 1 is 0.697 bits per heavy atom. The number of ether oxygens (including phenoxy) is 1. The highest BCUT2D eigenvalue weighted by molar-refractivity contribution is 8.16. The molecule has 5 nitrogen and oxygen atoms in total. The smallest absolute Gasteiger partial charge is 0.338 e. The lowest BCUT2D eigenvalue weighted by Gasteiger charge is -2.29. The summed E-state index contributed by atoms with van der Waals surface area (Å²) in [6.45, 7) is -0.411. The van der Waals surface area contributed by atoms with E-state index in [1.165, 1.54) is 23.5 Å². The molecule has 33 heavy (non-hydrogen) atoms. The van der Waals surface area contributed by atoms with E-state index in [0.29, 0.717) is 17.1 Å². The lowest BCUT2D eigenvalue weighted by atomic mass is 10.1. The molecule has 0 aliphatic rings. The summed E-state index contributed by atoms with van der Waals surface area (Å²) in [6, 6.07) is 28.2. The molecule has 0 spiro atoms. The van der Waals surface area contributed by atoms with Gasteiger partial charge in [-0.1, -0.05) is 78.9 Å². The van der Waals surface area contributed by atoms with Crippen LogP contribution in [0, 0.1) is 0 Å². The fourth-order valence-electron chi connectivity index (χ4n) is 3.06. The first-order chi connectivity index (χ1) is 16.0. The van der Waals surface area contributed by atoms with Crippen LogP contribution >= 0.6 is 23.5 Å². The third kappa shape index (κ3) is 8.21. The maximum atomic E-state index is 12.1. The Labute approximate surface area is 202 Å². The van der Waals surface area contributed by atoms with Gasteiger partial charge in [-0.3, -0.25) is 0 Å². The number of thioether (sulfide) groups is 2. The number of aliphatic hydroxyl groups excluding tert-OH is 3. The van der Waals surface area contributed by atoms with Crippen molar-refractivity contribution in [3.63, 3.8) is 0 Å². The van der Waals surface area contributed by atoms with Crippen molar-refractivity contribution in [3.8, 4) is 0 Å². The Bertz CT molecular complexity index is 913. The Kier molecular flexibility index (Phi) is 10.3. The second kappa shape index (κ2) is 13.4. The molecule has 0 fully saturated rings. The van der Waals surface area contributed by atoms with Crippen molar-refractivity contribution in [1.29, 1.82) is 0 Å². The molecule has 174 valence electrons. The summed E-state index contributed by atoms with van der Waals surface area (Å²) in [5, 5.41) is 31.9. The van der Waals surface area contributed by atoms with Gasteiger partial charge in [-0.15, -0.1) is 23.5 Å². The van der Waals surface area contributed by atoms with Crippen LogP contribution < -0.4 is 0 Å².